The van der Waals surface area contributed by atoms with Gasteiger partial charge in [-0.3, -0.25) is 15.0 Å². The Morgan fingerprint density at radius 2 is 2.17 bits per heavy atom. The second-order valence-electron chi connectivity index (χ2n) is 6.79. The molecule has 23 heavy (non-hydrogen) atoms. The van der Waals surface area contributed by atoms with Gasteiger partial charge in [0.1, 0.15) is 6.04 Å². The third-order valence-corrected chi connectivity index (χ3v) is 5.89. The third-order valence-electron chi connectivity index (χ3n) is 5.50. The molecule has 5 atom stereocenters. The lowest BCUT2D eigenvalue weighted by atomic mass is 9.80. The van der Waals surface area contributed by atoms with Crippen LogP contribution in [0.15, 0.2) is 0 Å². The molecule has 3 rings (SSSR count). The summed E-state index contributed by atoms with van der Waals surface area (Å²) in [7, 11) is 0. The number of nitriles is 1. The lowest BCUT2D eigenvalue weighted by molar-refractivity contribution is -0.135. The van der Waals surface area contributed by atoms with Crippen LogP contribution in [0.4, 0.5) is 0 Å². The summed E-state index contributed by atoms with van der Waals surface area (Å²) in [6.45, 7) is 4.74. The van der Waals surface area contributed by atoms with Gasteiger partial charge in [0.15, 0.2) is 0 Å². The molecule has 0 radical (unpaired) electrons. The monoisotopic (exact) mass is 339 g/mol. The molecule has 5 unspecified atom stereocenters. The number of fused-ring (bicyclic) bond motifs is 1. The SMILES string of the molecule is CCC(=O)N1CCN(C2NCNC3CC(Cl)CCC32)CC1C#N. The fourth-order valence-electron chi connectivity index (χ4n) is 4.27. The molecule has 1 amide bonds. The summed E-state index contributed by atoms with van der Waals surface area (Å²) in [5, 5.41) is 16.8. The molecule has 6 nitrogen and oxygen atoms in total. The van der Waals surface area contributed by atoms with Crippen molar-refractivity contribution in [2.45, 2.75) is 56.2 Å². The summed E-state index contributed by atoms with van der Waals surface area (Å²) in [6.07, 6.45) is 3.92. The Hall–Kier alpha value is -0.870. The average molecular weight is 340 g/mol. The van der Waals surface area contributed by atoms with Gasteiger partial charge >= 0.3 is 0 Å². The molecule has 0 aromatic rings. The topological polar surface area (TPSA) is 71.4 Å². The zero-order chi connectivity index (χ0) is 16.4. The molecule has 2 N–H and O–H groups in total. The lowest BCUT2D eigenvalue weighted by Crippen LogP contribution is -2.68. The fraction of sp³-hybridized carbons (Fsp3) is 0.875. The number of carbonyl (C=O) groups is 1. The van der Waals surface area contributed by atoms with Crippen molar-refractivity contribution in [2.75, 3.05) is 26.3 Å². The van der Waals surface area contributed by atoms with E-state index in [9.17, 15) is 10.1 Å². The number of carbonyl (C=O) groups excluding carboxylic acids is 1. The summed E-state index contributed by atoms with van der Waals surface area (Å²) in [6, 6.07) is 2.43. The number of nitrogens with one attached hydrogen (secondary N) is 2. The first-order valence-corrected chi connectivity index (χ1v) is 9.11. The molecular weight excluding hydrogens is 314 g/mol. The highest BCUT2D eigenvalue weighted by Gasteiger charge is 2.42. The van der Waals surface area contributed by atoms with Gasteiger partial charge in [-0.15, -0.1) is 11.6 Å². The van der Waals surface area contributed by atoms with Gasteiger partial charge in [-0.2, -0.15) is 5.26 Å². The first kappa shape index (κ1) is 17.0. The highest BCUT2D eigenvalue weighted by Crippen LogP contribution is 2.33. The zero-order valence-corrected chi connectivity index (χ0v) is 14.4. The second-order valence-corrected chi connectivity index (χ2v) is 7.41. The number of piperazine rings is 1. The summed E-state index contributed by atoms with van der Waals surface area (Å²) in [5.74, 6) is 0.599. The van der Waals surface area contributed by atoms with Crippen LogP contribution < -0.4 is 10.6 Å². The average Bonchev–Trinajstić information content (AvgIpc) is 2.59. The van der Waals surface area contributed by atoms with Crippen LogP contribution in [0.25, 0.3) is 0 Å². The molecule has 2 aliphatic heterocycles. The van der Waals surface area contributed by atoms with Crippen molar-refractivity contribution in [3.8, 4) is 6.07 Å². The van der Waals surface area contributed by atoms with Gasteiger partial charge in [0, 0.05) is 50.1 Å². The van der Waals surface area contributed by atoms with Crippen LogP contribution in [0.3, 0.4) is 0 Å². The van der Waals surface area contributed by atoms with Gasteiger partial charge in [-0.25, -0.2) is 0 Å². The minimum absolute atomic E-state index is 0.0787. The lowest BCUT2D eigenvalue weighted by Gasteiger charge is -2.50. The van der Waals surface area contributed by atoms with Crippen LogP contribution in [0.5, 0.6) is 0 Å². The van der Waals surface area contributed by atoms with E-state index < -0.39 is 0 Å². The molecule has 0 spiro atoms. The predicted octanol–water partition coefficient (Wildman–Crippen LogP) is 0.685. The number of nitrogens with zero attached hydrogens (tertiary/aromatic N) is 3. The van der Waals surface area contributed by atoms with Gasteiger partial charge in [-0.05, 0) is 19.3 Å². The van der Waals surface area contributed by atoms with Crippen LogP contribution in [-0.2, 0) is 4.79 Å². The molecular formula is C16H26ClN5O. The molecule has 2 heterocycles. The van der Waals surface area contributed by atoms with Gasteiger partial charge in [-0.1, -0.05) is 6.92 Å². The summed E-state index contributed by atoms with van der Waals surface area (Å²) >= 11 is 6.32. The fourth-order valence-corrected chi connectivity index (χ4v) is 4.59. The number of halogens is 1. The minimum Gasteiger partial charge on any atom is -0.324 e. The molecule has 0 bridgehead atoms. The van der Waals surface area contributed by atoms with E-state index in [1.807, 2.05) is 6.92 Å². The van der Waals surface area contributed by atoms with Crippen LogP contribution >= 0.6 is 11.6 Å². The molecule has 0 aromatic carbocycles. The van der Waals surface area contributed by atoms with E-state index in [2.05, 4.69) is 21.6 Å². The van der Waals surface area contributed by atoms with Crippen molar-refractivity contribution in [1.82, 2.24) is 20.4 Å². The maximum absolute atomic E-state index is 12.0. The van der Waals surface area contributed by atoms with Crippen molar-refractivity contribution in [1.29, 1.82) is 5.26 Å². The standard InChI is InChI=1S/C16H26ClN5O/c1-2-15(23)22-6-5-21(9-12(22)8-18)16-13-4-3-11(17)7-14(13)19-10-20-16/h11-14,16,19-20H,2-7,9-10H2,1H3. The van der Waals surface area contributed by atoms with Gasteiger partial charge < -0.3 is 10.2 Å². The highest BCUT2D eigenvalue weighted by molar-refractivity contribution is 6.20. The summed E-state index contributed by atoms with van der Waals surface area (Å²) in [4.78, 5) is 16.1. The number of amides is 1. The third kappa shape index (κ3) is 3.48. The predicted molar refractivity (Wildman–Crippen MR) is 88.7 cm³/mol. The molecule has 0 aromatic heterocycles. The first-order chi connectivity index (χ1) is 11.1. The normalized spacial score (nSPS) is 38.7. The van der Waals surface area contributed by atoms with E-state index in [1.165, 1.54) is 0 Å². The van der Waals surface area contributed by atoms with E-state index in [1.54, 1.807) is 4.90 Å². The first-order valence-electron chi connectivity index (χ1n) is 8.68. The van der Waals surface area contributed by atoms with E-state index in [-0.39, 0.29) is 23.5 Å². The van der Waals surface area contributed by atoms with Crippen molar-refractivity contribution >= 4 is 17.5 Å². The van der Waals surface area contributed by atoms with Gasteiger partial charge in [0.05, 0.1) is 12.2 Å². The van der Waals surface area contributed by atoms with Crippen LogP contribution in [0.1, 0.15) is 32.6 Å². The van der Waals surface area contributed by atoms with Crippen LogP contribution in [0, 0.1) is 17.2 Å². The van der Waals surface area contributed by atoms with E-state index in [4.69, 9.17) is 11.6 Å². The summed E-state index contributed by atoms with van der Waals surface area (Å²) in [5.41, 5.74) is 0. The highest BCUT2D eigenvalue weighted by atomic mass is 35.5. The van der Waals surface area contributed by atoms with E-state index in [0.29, 0.717) is 31.5 Å². The Kier molecular flexibility index (Phi) is 5.42. The Labute approximate surface area is 143 Å². The Morgan fingerprint density at radius 3 is 2.91 bits per heavy atom. The molecule has 2 saturated heterocycles. The van der Waals surface area contributed by atoms with Gasteiger partial charge in [0.2, 0.25) is 5.91 Å². The minimum atomic E-state index is -0.337. The van der Waals surface area contributed by atoms with Crippen LogP contribution in [-0.4, -0.2) is 65.6 Å². The number of rotatable bonds is 2. The molecule has 3 fully saturated rings. The largest absolute Gasteiger partial charge is 0.324 e. The zero-order valence-electron chi connectivity index (χ0n) is 13.7. The quantitative estimate of drug-likeness (QED) is 0.724. The van der Waals surface area contributed by atoms with Crippen molar-refractivity contribution < 1.29 is 4.79 Å². The number of hydrogen-bond donors (Lipinski definition) is 2. The molecule has 1 aliphatic carbocycles. The van der Waals surface area contributed by atoms with Crippen LogP contribution in [0.2, 0.25) is 0 Å². The Bertz CT molecular complexity index is 482. The molecule has 7 heteroatoms. The van der Waals surface area contributed by atoms with E-state index >= 15 is 0 Å². The van der Waals surface area contributed by atoms with E-state index in [0.717, 1.165) is 32.5 Å². The molecule has 3 aliphatic rings. The number of hydrogen-bond acceptors (Lipinski definition) is 5. The van der Waals surface area contributed by atoms with Crippen molar-refractivity contribution in [3.05, 3.63) is 0 Å². The maximum Gasteiger partial charge on any atom is 0.223 e. The summed E-state index contributed by atoms with van der Waals surface area (Å²) < 4.78 is 0. The Morgan fingerprint density at radius 1 is 1.35 bits per heavy atom. The second kappa shape index (κ2) is 7.35. The van der Waals surface area contributed by atoms with Crippen molar-refractivity contribution in [3.63, 3.8) is 0 Å². The molecule has 1 saturated carbocycles. The van der Waals surface area contributed by atoms with Gasteiger partial charge in [0.25, 0.3) is 0 Å². The maximum atomic E-state index is 12.0. The smallest absolute Gasteiger partial charge is 0.223 e. The Balaban J connectivity index is 1.67. The molecule has 128 valence electrons. The number of alkyl halides is 1. The van der Waals surface area contributed by atoms with Crippen molar-refractivity contribution in [2.24, 2.45) is 5.92 Å².